The Balaban J connectivity index is 1.41. The lowest BCUT2D eigenvalue weighted by Crippen LogP contribution is -2.15. The number of rotatable bonds is 8. The van der Waals surface area contributed by atoms with E-state index in [0.29, 0.717) is 11.5 Å². The zero-order valence-electron chi connectivity index (χ0n) is 18.7. The number of thioether (sulfide) groups is 1. The minimum atomic E-state index is -0.125. The van der Waals surface area contributed by atoms with E-state index in [1.807, 2.05) is 61.3 Å². The number of amides is 1. The first kappa shape index (κ1) is 22.4. The van der Waals surface area contributed by atoms with Gasteiger partial charge in [-0.1, -0.05) is 17.9 Å². The molecule has 5 heteroatoms. The lowest BCUT2D eigenvalue weighted by molar-refractivity contribution is 0.102. The molecule has 0 unspecified atom stereocenters. The van der Waals surface area contributed by atoms with Gasteiger partial charge in [-0.05, 0) is 92.3 Å². The molecule has 0 atom stereocenters. The van der Waals surface area contributed by atoms with Crippen molar-refractivity contribution in [2.24, 2.45) is 5.92 Å². The normalized spacial score (nSPS) is 12.9. The molecule has 0 spiro atoms. The average molecular weight is 444 g/mol. The molecule has 0 bridgehead atoms. The van der Waals surface area contributed by atoms with Crippen molar-refractivity contribution in [2.75, 3.05) is 23.9 Å². The predicted molar refractivity (Wildman–Crippen MR) is 135 cm³/mol. The number of nitrogens with one attached hydrogen (secondary N) is 2. The van der Waals surface area contributed by atoms with Gasteiger partial charge in [-0.2, -0.15) is 11.8 Å². The number of anilines is 1. The first-order valence-corrected chi connectivity index (χ1v) is 12.5. The lowest BCUT2D eigenvalue weighted by Gasteiger charge is -2.12. The predicted octanol–water partition coefficient (Wildman–Crippen LogP) is 5.40. The van der Waals surface area contributed by atoms with Crippen LogP contribution in [0.2, 0.25) is 0 Å². The summed E-state index contributed by atoms with van der Waals surface area (Å²) in [4.78, 5) is 17.4. The summed E-state index contributed by atoms with van der Waals surface area (Å²) in [5.41, 5.74) is 5.42. The minimum Gasteiger partial charge on any atom is -0.322 e. The molecule has 1 heterocycles. The van der Waals surface area contributed by atoms with Gasteiger partial charge in [-0.3, -0.25) is 9.78 Å². The second kappa shape index (κ2) is 10.7. The van der Waals surface area contributed by atoms with E-state index in [4.69, 9.17) is 0 Å². The van der Waals surface area contributed by atoms with E-state index < -0.39 is 0 Å². The third kappa shape index (κ3) is 5.91. The van der Waals surface area contributed by atoms with Crippen molar-refractivity contribution in [2.45, 2.75) is 32.7 Å². The number of carbonyl (C=O) groups excluding carboxylic acids is 1. The minimum absolute atomic E-state index is 0.125. The Labute approximate surface area is 194 Å². The quantitative estimate of drug-likeness (QED) is 0.362. The van der Waals surface area contributed by atoms with Gasteiger partial charge < -0.3 is 10.6 Å². The molecular weight excluding hydrogens is 414 g/mol. The van der Waals surface area contributed by atoms with E-state index in [1.165, 1.54) is 30.6 Å². The molecular formula is C27H29N3OS. The molecule has 32 heavy (non-hydrogen) atoms. The summed E-state index contributed by atoms with van der Waals surface area (Å²) in [5, 5.41) is 7.60. The molecule has 0 aliphatic heterocycles. The topological polar surface area (TPSA) is 54.0 Å². The van der Waals surface area contributed by atoms with Gasteiger partial charge in [0.15, 0.2) is 0 Å². The summed E-state index contributed by atoms with van der Waals surface area (Å²) in [7, 11) is 0. The fourth-order valence-corrected chi connectivity index (χ4v) is 3.95. The van der Waals surface area contributed by atoms with Crippen LogP contribution >= 0.6 is 11.8 Å². The van der Waals surface area contributed by atoms with E-state index in [9.17, 15) is 4.79 Å². The monoisotopic (exact) mass is 443 g/mol. The van der Waals surface area contributed by atoms with Gasteiger partial charge >= 0.3 is 0 Å². The maximum atomic E-state index is 12.8. The Morgan fingerprint density at radius 3 is 2.75 bits per heavy atom. The van der Waals surface area contributed by atoms with Crippen LogP contribution in [-0.4, -0.2) is 29.4 Å². The van der Waals surface area contributed by atoms with Gasteiger partial charge in [-0.15, -0.1) is 0 Å². The van der Waals surface area contributed by atoms with Crippen molar-refractivity contribution in [3.8, 4) is 11.8 Å². The summed E-state index contributed by atoms with van der Waals surface area (Å²) in [6.07, 6.45) is 7.65. The average Bonchev–Trinajstić information content (AvgIpc) is 3.64. The molecule has 164 valence electrons. The highest BCUT2D eigenvalue weighted by Crippen LogP contribution is 2.28. The van der Waals surface area contributed by atoms with E-state index in [2.05, 4.69) is 39.8 Å². The molecule has 2 aromatic carbocycles. The van der Waals surface area contributed by atoms with Crippen LogP contribution in [0.5, 0.6) is 0 Å². The molecule has 1 saturated carbocycles. The van der Waals surface area contributed by atoms with Crippen LogP contribution in [0.3, 0.4) is 0 Å². The molecule has 2 N–H and O–H groups in total. The first-order valence-electron chi connectivity index (χ1n) is 11.1. The molecule has 0 radical (unpaired) electrons. The Morgan fingerprint density at radius 1 is 1.19 bits per heavy atom. The van der Waals surface area contributed by atoms with Crippen LogP contribution in [0.15, 0.2) is 48.7 Å². The van der Waals surface area contributed by atoms with Gasteiger partial charge in [-0.25, -0.2) is 0 Å². The van der Waals surface area contributed by atoms with Crippen molar-refractivity contribution in [3.05, 3.63) is 70.9 Å². The highest BCUT2D eigenvalue weighted by molar-refractivity contribution is 7.98. The summed E-state index contributed by atoms with van der Waals surface area (Å²) >= 11 is 1.87. The number of hydrogen-bond acceptors (Lipinski definition) is 4. The van der Waals surface area contributed by atoms with Crippen LogP contribution in [0.4, 0.5) is 5.69 Å². The van der Waals surface area contributed by atoms with Crippen molar-refractivity contribution < 1.29 is 4.79 Å². The van der Waals surface area contributed by atoms with Crippen LogP contribution in [0, 0.1) is 24.7 Å². The van der Waals surface area contributed by atoms with Crippen LogP contribution in [0.25, 0.3) is 10.9 Å². The zero-order valence-corrected chi connectivity index (χ0v) is 19.5. The third-order valence-electron chi connectivity index (χ3n) is 5.59. The zero-order chi connectivity index (χ0) is 22.3. The summed E-state index contributed by atoms with van der Waals surface area (Å²) < 4.78 is 0. The molecule has 1 fully saturated rings. The van der Waals surface area contributed by atoms with Gasteiger partial charge in [0.05, 0.1) is 5.52 Å². The Kier molecular flexibility index (Phi) is 7.47. The number of hydrogen-bond donors (Lipinski definition) is 2. The van der Waals surface area contributed by atoms with Gasteiger partial charge in [0.1, 0.15) is 0 Å². The standard InChI is InChI=1S/C27H29N3OS/c1-19-25(30-27(31)23-10-8-21(9-11-23)7-6-20-4-5-20)13-12-24-16-22(18-29-26(19)24)17-28-14-3-15-32-2/h8-13,16,18,20,28H,3-5,14-15,17H2,1-2H3,(H,30,31). The number of aryl methyl sites for hydroxylation is 1. The smallest absolute Gasteiger partial charge is 0.255 e. The highest BCUT2D eigenvalue weighted by atomic mass is 32.2. The molecule has 3 aromatic rings. The molecule has 1 aliphatic carbocycles. The SMILES string of the molecule is CSCCCNCc1cnc2c(C)c(NC(=O)c3ccc(C#CC4CC4)cc3)ccc2c1. The number of fused-ring (bicyclic) bond motifs is 1. The summed E-state index contributed by atoms with van der Waals surface area (Å²) in [6, 6.07) is 13.6. The first-order chi connectivity index (χ1) is 15.6. The molecule has 1 aromatic heterocycles. The fourth-order valence-electron chi connectivity index (χ4n) is 3.51. The van der Waals surface area contributed by atoms with Crippen molar-refractivity contribution >= 4 is 34.3 Å². The van der Waals surface area contributed by atoms with Gasteiger partial charge in [0, 0.05) is 40.9 Å². The maximum Gasteiger partial charge on any atom is 0.255 e. The molecule has 0 saturated heterocycles. The number of pyridine rings is 1. The maximum absolute atomic E-state index is 12.8. The van der Waals surface area contributed by atoms with Gasteiger partial charge in [0.25, 0.3) is 5.91 Å². The number of carbonyl (C=O) groups is 1. The Hall–Kier alpha value is -2.81. The summed E-state index contributed by atoms with van der Waals surface area (Å²) in [6.45, 7) is 3.83. The summed E-state index contributed by atoms with van der Waals surface area (Å²) in [5.74, 6) is 8.05. The largest absolute Gasteiger partial charge is 0.322 e. The number of nitrogens with zero attached hydrogens (tertiary/aromatic N) is 1. The van der Waals surface area contributed by atoms with E-state index in [0.717, 1.165) is 40.8 Å². The number of benzene rings is 2. The Bertz CT molecular complexity index is 1160. The second-order valence-electron chi connectivity index (χ2n) is 8.25. The molecule has 4 nitrogen and oxygen atoms in total. The Morgan fingerprint density at radius 2 is 2.00 bits per heavy atom. The van der Waals surface area contributed by atoms with E-state index in [-0.39, 0.29) is 5.91 Å². The molecule has 1 amide bonds. The van der Waals surface area contributed by atoms with Crippen LogP contribution < -0.4 is 10.6 Å². The van der Waals surface area contributed by atoms with Crippen LogP contribution in [-0.2, 0) is 6.54 Å². The van der Waals surface area contributed by atoms with E-state index in [1.54, 1.807) is 0 Å². The highest BCUT2D eigenvalue weighted by Gasteiger charge is 2.17. The molecule has 4 rings (SSSR count). The lowest BCUT2D eigenvalue weighted by atomic mass is 10.1. The van der Waals surface area contributed by atoms with Crippen molar-refractivity contribution in [1.29, 1.82) is 0 Å². The second-order valence-corrected chi connectivity index (χ2v) is 9.24. The van der Waals surface area contributed by atoms with E-state index >= 15 is 0 Å². The molecule has 1 aliphatic rings. The third-order valence-corrected chi connectivity index (χ3v) is 6.28. The number of aromatic nitrogens is 1. The fraction of sp³-hybridized carbons (Fsp3) is 0.333. The van der Waals surface area contributed by atoms with Gasteiger partial charge in [0.2, 0.25) is 0 Å². The van der Waals surface area contributed by atoms with Crippen LogP contribution in [0.1, 0.15) is 46.3 Å². The van der Waals surface area contributed by atoms with Crippen molar-refractivity contribution in [3.63, 3.8) is 0 Å². The van der Waals surface area contributed by atoms with Crippen molar-refractivity contribution in [1.82, 2.24) is 10.3 Å².